The van der Waals surface area contributed by atoms with Crippen molar-refractivity contribution in [3.05, 3.63) is 52.2 Å². The highest BCUT2D eigenvalue weighted by Crippen LogP contribution is 2.33. The van der Waals surface area contributed by atoms with Gasteiger partial charge in [-0.05, 0) is 24.6 Å². The number of methoxy groups -OCH3 is 1. The predicted octanol–water partition coefficient (Wildman–Crippen LogP) is 3.56. The van der Waals surface area contributed by atoms with Crippen molar-refractivity contribution >= 4 is 17.3 Å². The van der Waals surface area contributed by atoms with E-state index in [1.165, 1.54) is 4.88 Å². The highest BCUT2D eigenvalue weighted by Gasteiger charge is 2.27. The van der Waals surface area contributed by atoms with Crippen LogP contribution in [0.3, 0.4) is 0 Å². The van der Waals surface area contributed by atoms with Crippen LogP contribution in [-0.2, 0) is 11.3 Å². The molecule has 1 saturated heterocycles. The Morgan fingerprint density at radius 2 is 2.00 bits per heavy atom. The summed E-state index contributed by atoms with van der Waals surface area (Å²) in [5.41, 5.74) is 2.96. The zero-order chi connectivity index (χ0) is 21.1. The van der Waals surface area contributed by atoms with Crippen LogP contribution in [0.25, 0.3) is 11.1 Å². The van der Waals surface area contributed by atoms with Gasteiger partial charge in [0.15, 0.2) is 0 Å². The molecule has 0 spiro atoms. The molecule has 1 aromatic carbocycles. The first-order valence-electron chi connectivity index (χ1n) is 9.97. The molecule has 3 aromatic rings. The molecule has 158 valence electrons. The highest BCUT2D eigenvalue weighted by molar-refractivity contribution is 7.11. The van der Waals surface area contributed by atoms with Gasteiger partial charge in [-0.3, -0.25) is 4.90 Å². The second kappa shape index (κ2) is 9.07. The number of hydrogen-bond acceptors (Lipinski definition) is 8. The third kappa shape index (κ3) is 4.61. The van der Waals surface area contributed by atoms with Gasteiger partial charge >= 0.3 is 0 Å². The molecule has 4 rings (SSSR count). The van der Waals surface area contributed by atoms with Crippen LogP contribution in [0.4, 0.5) is 5.95 Å². The summed E-state index contributed by atoms with van der Waals surface area (Å²) in [5, 5.41) is 1.10. The molecule has 2 aromatic heterocycles. The van der Waals surface area contributed by atoms with Gasteiger partial charge in [0, 0.05) is 56.6 Å². The zero-order valence-corrected chi connectivity index (χ0v) is 18.6. The van der Waals surface area contributed by atoms with E-state index in [-0.39, 0.29) is 6.10 Å². The Labute approximate surface area is 181 Å². The third-order valence-electron chi connectivity index (χ3n) is 5.11. The van der Waals surface area contributed by atoms with Crippen LogP contribution in [0.2, 0.25) is 0 Å². The number of benzene rings is 1. The second-order valence-corrected chi connectivity index (χ2v) is 8.85. The smallest absolute Gasteiger partial charge is 0.225 e. The lowest BCUT2D eigenvalue weighted by Gasteiger charge is -2.33. The summed E-state index contributed by atoms with van der Waals surface area (Å²) in [6.45, 7) is 5.28. The Kier molecular flexibility index (Phi) is 6.26. The third-order valence-corrected chi connectivity index (χ3v) is 6.01. The van der Waals surface area contributed by atoms with Crippen molar-refractivity contribution in [3.8, 4) is 16.9 Å². The fourth-order valence-electron chi connectivity index (χ4n) is 3.55. The van der Waals surface area contributed by atoms with Crippen LogP contribution >= 0.6 is 11.3 Å². The quantitative estimate of drug-likeness (QED) is 0.598. The molecule has 0 amide bonds. The highest BCUT2D eigenvalue weighted by atomic mass is 32.1. The number of ether oxygens (including phenoxy) is 2. The maximum Gasteiger partial charge on any atom is 0.225 e. The minimum Gasteiger partial charge on any atom is -0.497 e. The van der Waals surface area contributed by atoms with Gasteiger partial charge in [-0.2, -0.15) is 0 Å². The van der Waals surface area contributed by atoms with Crippen molar-refractivity contribution in [2.24, 2.45) is 0 Å². The van der Waals surface area contributed by atoms with E-state index in [9.17, 15) is 0 Å². The van der Waals surface area contributed by atoms with E-state index in [0.29, 0.717) is 12.6 Å². The van der Waals surface area contributed by atoms with E-state index in [0.717, 1.165) is 47.2 Å². The second-order valence-electron chi connectivity index (χ2n) is 7.53. The number of hydrogen-bond donors (Lipinski definition) is 0. The van der Waals surface area contributed by atoms with Gasteiger partial charge in [0.25, 0.3) is 0 Å². The van der Waals surface area contributed by atoms with Crippen molar-refractivity contribution in [1.29, 1.82) is 0 Å². The van der Waals surface area contributed by atoms with E-state index < -0.39 is 0 Å². The molecule has 0 N–H and O–H groups in total. The van der Waals surface area contributed by atoms with Crippen molar-refractivity contribution in [1.82, 2.24) is 19.9 Å². The van der Waals surface area contributed by atoms with E-state index in [2.05, 4.69) is 14.9 Å². The first-order chi connectivity index (χ1) is 14.5. The molecule has 0 saturated carbocycles. The Morgan fingerprint density at radius 1 is 1.20 bits per heavy atom. The number of morpholine rings is 1. The average molecular weight is 426 g/mol. The molecular weight excluding hydrogens is 398 g/mol. The standard InChI is InChI=1S/C22H27N5O2S/c1-15-23-11-18(30-15)13-27-9-10-29-20(14-27)21-19(12-24-22(25-21)26(2)3)16-5-7-17(28-4)8-6-16/h5-8,11-12,20H,9-10,13-14H2,1-4H3/t20-/m0/s1. The van der Waals surface area contributed by atoms with Crippen molar-refractivity contribution in [3.63, 3.8) is 0 Å². The number of rotatable bonds is 6. The number of nitrogens with zero attached hydrogens (tertiary/aromatic N) is 5. The van der Waals surface area contributed by atoms with Crippen LogP contribution < -0.4 is 9.64 Å². The molecule has 3 heterocycles. The predicted molar refractivity (Wildman–Crippen MR) is 119 cm³/mol. The molecule has 1 atom stereocenters. The fourth-order valence-corrected chi connectivity index (χ4v) is 4.39. The molecular formula is C22H27N5O2S. The summed E-state index contributed by atoms with van der Waals surface area (Å²) in [4.78, 5) is 19.4. The monoisotopic (exact) mass is 425 g/mol. The summed E-state index contributed by atoms with van der Waals surface area (Å²) in [6.07, 6.45) is 3.75. The molecule has 1 fully saturated rings. The topological polar surface area (TPSA) is 63.6 Å². The van der Waals surface area contributed by atoms with Crippen molar-refractivity contribution in [2.75, 3.05) is 45.8 Å². The molecule has 0 radical (unpaired) electrons. The lowest BCUT2D eigenvalue weighted by atomic mass is 10.0. The van der Waals surface area contributed by atoms with Gasteiger partial charge in [0.1, 0.15) is 11.9 Å². The average Bonchev–Trinajstić information content (AvgIpc) is 3.18. The molecule has 0 aliphatic carbocycles. The van der Waals surface area contributed by atoms with Crippen LogP contribution in [-0.4, -0.2) is 60.8 Å². The minimum atomic E-state index is -0.119. The number of aromatic nitrogens is 3. The number of thiazole rings is 1. The van der Waals surface area contributed by atoms with E-state index in [1.807, 2.05) is 62.6 Å². The first-order valence-corrected chi connectivity index (χ1v) is 10.8. The first kappa shape index (κ1) is 20.7. The van der Waals surface area contributed by atoms with Gasteiger partial charge in [-0.15, -0.1) is 11.3 Å². The lowest BCUT2D eigenvalue weighted by molar-refractivity contribution is -0.0344. The summed E-state index contributed by atoms with van der Waals surface area (Å²) < 4.78 is 11.5. The van der Waals surface area contributed by atoms with Gasteiger partial charge in [0.2, 0.25) is 5.95 Å². The Balaban J connectivity index is 1.63. The van der Waals surface area contributed by atoms with Gasteiger partial charge in [-0.25, -0.2) is 15.0 Å². The van der Waals surface area contributed by atoms with Crippen molar-refractivity contribution < 1.29 is 9.47 Å². The van der Waals surface area contributed by atoms with E-state index in [1.54, 1.807) is 18.4 Å². The maximum absolute atomic E-state index is 6.19. The zero-order valence-electron chi connectivity index (χ0n) is 17.8. The number of anilines is 1. The van der Waals surface area contributed by atoms with E-state index >= 15 is 0 Å². The fraction of sp³-hybridized carbons (Fsp3) is 0.409. The lowest BCUT2D eigenvalue weighted by Crippen LogP contribution is -2.38. The minimum absolute atomic E-state index is 0.119. The van der Waals surface area contributed by atoms with Crippen LogP contribution in [0.5, 0.6) is 5.75 Å². The summed E-state index contributed by atoms with van der Waals surface area (Å²) in [7, 11) is 5.57. The molecule has 1 aliphatic heterocycles. The van der Waals surface area contributed by atoms with Crippen LogP contribution in [0.15, 0.2) is 36.7 Å². The Morgan fingerprint density at radius 3 is 2.67 bits per heavy atom. The molecule has 1 aliphatic rings. The molecule has 30 heavy (non-hydrogen) atoms. The van der Waals surface area contributed by atoms with Gasteiger partial charge in [-0.1, -0.05) is 12.1 Å². The normalized spacial score (nSPS) is 17.1. The summed E-state index contributed by atoms with van der Waals surface area (Å²) >= 11 is 1.75. The SMILES string of the molecule is COc1ccc(-c2cnc(N(C)C)nc2[C@@H]2CN(Cc3cnc(C)s3)CCO2)cc1. The summed E-state index contributed by atoms with van der Waals surface area (Å²) in [6, 6.07) is 7.99. The number of aryl methyl sites for hydroxylation is 1. The van der Waals surface area contributed by atoms with E-state index in [4.69, 9.17) is 14.5 Å². The largest absolute Gasteiger partial charge is 0.497 e. The Hall–Kier alpha value is -2.55. The maximum atomic E-state index is 6.19. The van der Waals surface area contributed by atoms with Gasteiger partial charge < -0.3 is 14.4 Å². The summed E-state index contributed by atoms with van der Waals surface area (Å²) in [5.74, 6) is 1.51. The molecule has 0 unspecified atom stereocenters. The Bertz CT molecular complexity index is 989. The molecule has 8 heteroatoms. The van der Waals surface area contributed by atoms with Crippen LogP contribution in [0, 0.1) is 6.92 Å². The molecule has 0 bridgehead atoms. The van der Waals surface area contributed by atoms with Crippen molar-refractivity contribution in [2.45, 2.75) is 19.6 Å². The van der Waals surface area contributed by atoms with Gasteiger partial charge in [0.05, 0.1) is 24.4 Å². The van der Waals surface area contributed by atoms with Crippen LogP contribution in [0.1, 0.15) is 21.7 Å². The molecule has 7 nitrogen and oxygen atoms in total.